The molecule has 0 unspecified atom stereocenters. The van der Waals surface area contributed by atoms with Crippen LogP contribution < -0.4 is 0 Å². The van der Waals surface area contributed by atoms with Gasteiger partial charge in [-0.15, -0.1) is 0 Å². The van der Waals surface area contributed by atoms with E-state index in [4.69, 9.17) is 0 Å². The number of rotatable bonds is 22. The molecule has 1 aliphatic carbocycles. The summed E-state index contributed by atoms with van der Waals surface area (Å²) in [5.74, 6) is -165. The van der Waals surface area contributed by atoms with Crippen LogP contribution in [-0.2, 0) is 5.41 Å². The summed E-state index contributed by atoms with van der Waals surface area (Å²) in [5, 5.41) is 0. The van der Waals surface area contributed by atoms with Crippen LogP contribution in [0.1, 0.15) is 36.8 Å². The fourth-order valence-corrected chi connectivity index (χ4v) is 7.32. The van der Waals surface area contributed by atoms with Crippen LogP contribution in [0.4, 0.5) is 184 Å². The number of alkyl halides is 42. The maximum Gasteiger partial charge on any atom is 0.460 e. The fraction of sp³-hybridized carbons (Fsp3) is 0.676. The van der Waals surface area contributed by atoms with Crippen molar-refractivity contribution in [3.05, 3.63) is 59.7 Å². The third-order valence-electron chi connectivity index (χ3n) is 12.1. The van der Waals surface area contributed by atoms with E-state index < -0.39 is 172 Å². The molecule has 0 bridgehead atoms. The minimum Gasteiger partial charge on any atom is -0.200 e. The SMILES string of the molecule is FC(F)(F)C(F)(F)C(F)(F)C(F)(F)C(F)(F)C(F)(F)C(F)(F)C(F)(F)C(F)(F)C(F)(F)CCC1(CCC(F)(F)C(F)(F)C(F)(F)C(F)(F)C(F)(F)C(F)(F)C(F)(F)C(F)(F)C(F)(F)C(F)(F)F)c2ccccc2-c2ccccc21. The van der Waals surface area contributed by atoms with Crippen molar-refractivity contribution in [1.29, 1.82) is 0 Å². The molecule has 2 aromatic carbocycles. The van der Waals surface area contributed by atoms with Gasteiger partial charge in [0.05, 0.1) is 0 Å². The summed E-state index contributed by atoms with van der Waals surface area (Å²) in [7, 11) is 0. The predicted molar refractivity (Wildman–Crippen MR) is 172 cm³/mol. The monoisotopic (exact) mass is 1260 g/mol. The Morgan fingerprint density at radius 2 is 0.380 bits per heavy atom. The van der Waals surface area contributed by atoms with Gasteiger partial charge >= 0.3 is 119 Å². The maximum absolute atomic E-state index is 15.4. The topological polar surface area (TPSA) is 0 Å². The normalized spacial score (nSPS) is 17.3. The van der Waals surface area contributed by atoms with Gasteiger partial charge in [0.15, 0.2) is 0 Å². The standard InChI is InChI=1S/C37H16F42/c38-18(39,20(42,43)22(46,47)24(50,51)26(54,55)28(58,59)30(62,63)32(66,67)34(70,71)36(74,75)76)11-9-17(15-7-3-1-5-13(15)14-6-2-4-8-16(14)17)10-12-19(40,41)21(44,45)23(48,49)25(52,53)27(56,57)29(60,61)31(64,65)33(68,69)35(72,73)37(77,78)79/h1-8H,9-12H2. The molecule has 0 heterocycles. The van der Waals surface area contributed by atoms with E-state index in [-0.39, 0.29) is 12.1 Å². The average molecular weight is 1260 g/mol. The minimum atomic E-state index is -9.70. The lowest BCUT2D eigenvalue weighted by molar-refractivity contribution is -0.474. The van der Waals surface area contributed by atoms with Crippen LogP contribution in [0.5, 0.6) is 0 Å². The Balaban J connectivity index is 2.24. The smallest absolute Gasteiger partial charge is 0.200 e. The summed E-state index contributed by atoms with van der Waals surface area (Å²) in [6.45, 7) is 0. The summed E-state index contributed by atoms with van der Waals surface area (Å²) < 4.78 is 590. The molecule has 42 heteroatoms. The first-order chi connectivity index (χ1) is 34.1. The Labute approximate surface area is 406 Å². The molecule has 79 heavy (non-hydrogen) atoms. The van der Waals surface area contributed by atoms with Gasteiger partial charge in [-0.2, -0.15) is 184 Å². The van der Waals surface area contributed by atoms with Crippen molar-refractivity contribution in [2.45, 2.75) is 150 Å². The van der Waals surface area contributed by atoms with Gasteiger partial charge in [0, 0.05) is 18.3 Å². The zero-order chi connectivity index (χ0) is 63.3. The summed E-state index contributed by atoms with van der Waals surface area (Å²) in [4.78, 5) is 0. The summed E-state index contributed by atoms with van der Waals surface area (Å²) in [6, 6.07) is 4.02. The maximum atomic E-state index is 15.4. The summed E-state index contributed by atoms with van der Waals surface area (Å²) in [6.07, 6.45) is -30.0. The van der Waals surface area contributed by atoms with Gasteiger partial charge in [-0.05, 0) is 35.1 Å². The first-order valence-corrected chi connectivity index (χ1v) is 19.3. The second-order valence-corrected chi connectivity index (χ2v) is 16.8. The van der Waals surface area contributed by atoms with Gasteiger partial charge in [-0.25, -0.2) is 0 Å². The Hall–Kier alpha value is -4.50. The minimum absolute atomic E-state index is 0.245. The summed E-state index contributed by atoms with van der Waals surface area (Å²) >= 11 is 0. The van der Waals surface area contributed by atoms with E-state index in [1.165, 1.54) is 0 Å². The summed E-state index contributed by atoms with van der Waals surface area (Å²) in [5.41, 5.74) is -8.10. The number of hydrogen-bond donors (Lipinski definition) is 0. The predicted octanol–water partition coefficient (Wildman–Crippen LogP) is 18.1. The molecule has 2 aromatic rings. The Morgan fingerprint density at radius 3 is 0.570 bits per heavy atom. The molecular formula is C37H16F42. The third kappa shape index (κ3) is 8.56. The van der Waals surface area contributed by atoms with Crippen LogP contribution >= 0.6 is 0 Å². The van der Waals surface area contributed by atoms with E-state index >= 15 is 35.1 Å². The zero-order valence-electron chi connectivity index (χ0n) is 35.8. The number of hydrogen-bond acceptors (Lipinski definition) is 0. The number of benzene rings is 2. The Morgan fingerprint density at radius 1 is 0.215 bits per heavy atom. The lowest BCUT2D eigenvalue weighted by atomic mass is 9.69. The molecule has 458 valence electrons. The van der Waals surface area contributed by atoms with E-state index in [0.717, 1.165) is 12.1 Å². The first-order valence-electron chi connectivity index (χ1n) is 19.3. The van der Waals surface area contributed by atoms with Crippen molar-refractivity contribution in [2.75, 3.05) is 0 Å². The van der Waals surface area contributed by atoms with Gasteiger partial charge in [0.1, 0.15) is 0 Å². The molecule has 0 saturated carbocycles. The first kappa shape index (κ1) is 68.8. The van der Waals surface area contributed by atoms with Crippen LogP contribution in [-0.4, -0.2) is 119 Å². The van der Waals surface area contributed by atoms with Crippen molar-refractivity contribution in [3.8, 4) is 11.1 Å². The number of fused-ring (bicyclic) bond motifs is 3. The molecule has 0 nitrogen and oxygen atoms in total. The largest absolute Gasteiger partial charge is 0.460 e. The average Bonchev–Trinajstić information content (AvgIpc) is 3.55. The molecule has 3 rings (SSSR count). The van der Waals surface area contributed by atoms with Gasteiger partial charge in [-0.3, -0.25) is 0 Å². The van der Waals surface area contributed by atoms with Crippen LogP contribution in [0.3, 0.4) is 0 Å². The third-order valence-corrected chi connectivity index (χ3v) is 12.1. The van der Waals surface area contributed by atoms with Crippen LogP contribution in [0.2, 0.25) is 0 Å². The highest BCUT2D eigenvalue weighted by Gasteiger charge is 3.00. The highest BCUT2D eigenvalue weighted by Crippen LogP contribution is 2.70. The second kappa shape index (κ2) is 18.2. The molecule has 0 spiro atoms. The van der Waals surface area contributed by atoms with E-state index in [0.29, 0.717) is 24.3 Å². The van der Waals surface area contributed by atoms with Crippen molar-refractivity contribution in [2.24, 2.45) is 0 Å². The van der Waals surface area contributed by atoms with Gasteiger partial charge in [-0.1, -0.05) is 48.5 Å². The second-order valence-electron chi connectivity index (χ2n) is 16.8. The lowest BCUT2D eigenvalue weighted by Crippen LogP contribution is -2.76. The zero-order valence-corrected chi connectivity index (χ0v) is 35.8. The molecule has 0 aliphatic heterocycles. The van der Waals surface area contributed by atoms with E-state index in [1.54, 1.807) is 0 Å². The van der Waals surface area contributed by atoms with Crippen molar-refractivity contribution < 1.29 is 184 Å². The van der Waals surface area contributed by atoms with Gasteiger partial charge in [0.2, 0.25) is 0 Å². The quantitative estimate of drug-likeness (QED) is 0.103. The Kier molecular flexibility index (Phi) is 15.9. The van der Waals surface area contributed by atoms with Gasteiger partial charge in [0.25, 0.3) is 0 Å². The van der Waals surface area contributed by atoms with Crippen LogP contribution in [0, 0.1) is 0 Å². The molecular weight excluding hydrogens is 1240 g/mol. The van der Waals surface area contributed by atoms with E-state index in [1.807, 2.05) is 0 Å². The van der Waals surface area contributed by atoms with E-state index in [9.17, 15) is 149 Å². The molecule has 0 atom stereocenters. The van der Waals surface area contributed by atoms with Crippen LogP contribution in [0.25, 0.3) is 11.1 Å². The van der Waals surface area contributed by atoms with E-state index in [2.05, 4.69) is 0 Å². The van der Waals surface area contributed by atoms with Crippen molar-refractivity contribution in [1.82, 2.24) is 0 Å². The highest BCUT2D eigenvalue weighted by molar-refractivity contribution is 5.81. The lowest BCUT2D eigenvalue weighted by Gasteiger charge is -2.45. The van der Waals surface area contributed by atoms with Crippen molar-refractivity contribution >= 4 is 0 Å². The molecule has 0 fully saturated rings. The fourth-order valence-electron chi connectivity index (χ4n) is 7.32. The molecule has 0 amide bonds. The molecule has 0 N–H and O–H groups in total. The molecule has 0 radical (unpaired) electrons. The highest BCUT2D eigenvalue weighted by atomic mass is 19.5. The Bertz CT molecular complexity index is 2360. The van der Waals surface area contributed by atoms with Gasteiger partial charge < -0.3 is 0 Å². The van der Waals surface area contributed by atoms with Crippen molar-refractivity contribution in [3.63, 3.8) is 0 Å². The number of halogens is 42. The molecule has 0 aromatic heterocycles. The molecule has 1 aliphatic rings. The van der Waals surface area contributed by atoms with Crippen LogP contribution in [0.15, 0.2) is 48.5 Å². The molecule has 0 saturated heterocycles.